The van der Waals surface area contributed by atoms with Crippen LogP contribution in [-0.4, -0.2) is 30.6 Å². The number of nitro groups is 2. The Bertz CT molecular complexity index is 1510. The highest BCUT2D eigenvalue weighted by Crippen LogP contribution is 2.23. The molecule has 0 saturated heterocycles. The van der Waals surface area contributed by atoms with Gasteiger partial charge in [-0.1, -0.05) is 23.7 Å². The molecule has 1 aromatic heterocycles. The minimum absolute atomic E-state index is 0.0690. The second-order valence-electron chi connectivity index (χ2n) is 6.99. The number of nitrogens with one attached hydrogen (secondary N) is 1. The predicted octanol–water partition coefficient (Wildman–Crippen LogP) is 5.58. The summed E-state index contributed by atoms with van der Waals surface area (Å²) in [5.74, 6) is 0.422. The average Bonchev–Trinajstić information content (AvgIpc) is 2.85. The molecule has 174 valence electrons. The fourth-order valence-electron chi connectivity index (χ4n) is 3.05. The molecule has 0 aliphatic heterocycles. The zero-order chi connectivity index (χ0) is 24.9. The van der Waals surface area contributed by atoms with Crippen molar-refractivity contribution in [3.63, 3.8) is 0 Å². The van der Waals surface area contributed by atoms with Gasteiger partial charge in [0.2, 0.25) is 10.7 Å². The summed E-state index contributed by atoms with van der Waals surface area (Å²) in [4.78, 5) is 29.8. The highest BCUT2D eigenvalue weighted by Gasteiger charge is 2.13. The number of non-ortho nitro benzene ring substituents is 2. The van der Waals surface area contributed by atoms with Gasteiger partial charge in [-0.15, -0.1) is 0 Å². The first kappa shape index (κ1) is 23.6. The predicted molar refractivity (Wildman–Crippen MR) is 134 cm³/mol. The number of halogens is 1. The van der Waals surface area contributed by atoms with Gasteiger partial charge in [-0.2, -0.15) is 15.1 Å². The first-order valence-electron chi connectivity index (χ1n) is 9.87. The molecule has 1 N–H and O–H groups in total. The van der Waals surface area contributed by atoms with Crippen LogP contribution >= 0.6 is 23.8 Å². The van der Waals surface area contributed by atoms with Gasteiger partial charge in [-0.3, -0.25) is 24.8 Å². The zero-order valence-electron chi connectivity index (χ0n) is 17.6. The van der Waals surface area contributed by atoms with Crippen LogP contribution in [0.3, 0.4) is 0 Å². The van der Waals surface area contributed by atoms with Crippen molar-refractivity contribution in [2.24, 2.45) is 5.10 Å². The molecule has 11 nitrogen and oxygen atoms in total. The Morgan fingerprint density at radius 3 is 2.29 bits per heavy atom. The monoisotopic (exact) mass is 507 g/mol. The standard InChI is InChI=1S/C22H14ClN7O4S/c23-16-6-10-17(11-7-16)28-21(27-24-13-14-2-1-3-19(12-14)30(33)34)25-20(26-22(28)35)15-4-8-18(9-5-15)29(31)32/h1-13H,(H,25,26,27,35)/b24-13+. The molecule has 0 atom stereocenters. The molecule has 35 heavy (non-hydrogen) atoms. The van der Waals surface area contributed by atoms with Gasteiger partial charge in [0, 0.05) is 40.4 Å². The number of hydrogen-bond donors (Lipinski definition) is 1. The molecule has 0 aliphatic carbocycles. The largest absolute Gasteiger partial charge is 0.270 e. The summed E-state index contributed by atoms with van der Waals surface area (Å²) in [5.41, 5.74) is 4.29. The van der Waals surface area contributed by atoms with E-state index >= 15 is 0 Å². The molecular weight excluding hydrogens is 494 g/mol. The molecular formula is C22H14ClN7O4S. The Hall–Kier alpha value is -4.55. The second kappa shape index (κ2) is 10.2. The maximum Gasteiger partial charge on any atom is 0.270 e. The van der Waals surface area contributed by atoms with Gasteiger partial charge in [0.25, 0.3) is 11.4 Å². The first-order valence-corrected chi connectivity index (χ1v) is 10.7. The first-order chi connectivity index (χ1) is 16.8. The molecule has 0 saturated carbocycles. The number of anilines is 1. The van der Waals surface area contributed by atoms with Crippen LogP contribution < -0.4 is 5.43 Å². The minimum Gasteiger partial charge on any atom is -0.258 e. The Kier molecular flexibility index (Phi) is 6.85. The Morgan fingerprint density at radius 1 is 0.943 bits per heavy atom. The lowest BCUT2D eigenvalue weighted by molar-refractivity contribution is -0.385. The van der Waals surface area contributed by atoms with Crippen molar-refractivity contribution in [3.8, 4) is 17.1 Å². The summed E-state index contributed by atoms with van der Waals surface area (Å²) in [5, 5.41) is 26.7. The maximum atomic E-state index is 11.0. The molecule has 1 heterocycles. The molecule has 0 bridgehead atoms. The highest BCUT2D eigenvalue weighted by atomic mass is 35.5. The van der Waals surface area contributed by atoms with E-state index in [-0.39, 0.29) is 27.9 Å². The van der Waals surface area contributed by atoms with Crippen LogP contribution in [0.1, 0.15) is 5.56 Å². The minimum atomic E-state index is -0.502. The lowest BCUT2D eigenvalue weighted by atomic mass is 10.2. The molecule has 0 fully saturated rings. The van der Waals surface area contributed by atoms with Crippen molar-refractivity contribution in [1.29, 1.82) is 0 Å². The van der Waals surface area contributed by atoms with Crippen LogP contribution in [0.25, 0.3) is 17.1 Å². The summed E-state index contributed by atoms with van der Waals surface area (Å²) in [6.07, 6.45) is 1.40. The molecule has 3 aromatic carbocycles. The Labute approximate surface area is 207 Å². The van der Waals surface area contributed by atoms with Crippen LogP contribution in [0.2, 0.25) is 5.02 Å². The lowest BCUT2D eigenvalue weighted by Crippen LogP contribution is -2.10. The SMILES string of the molecule is O=[N+]([O-])c1ccc(-c2nc(N/N=C/c3cccc([N+](=O)[O-])c3)n(-c3ccc(Cl)cc3)c(=S)n2)cc1. The number of nitro benzene ring substituents is 2. The maximum absolute atomic E-state index is 11.0. The number of rotatable bonds is 7. The van der Waals surface area contributed by atoms with E-state index in [4.69, 9.17) is 23.8 Å². The Balaban J connectivity index is 1.75. The summed E-state index contributed by atoms with van der Waals surface area (Å²) in [7, 11) is 0. The third-order valence-corrected chi connectivity index (χ3v) is 5.22. The quantitative estimate of drug-likeness (QED) is 0.148. The van der Waals surface area contributed by atoms with Gasteiger partial charge in [-0.05, 0) is 48.6 Å². The summed E-state index contributed by atoms with van der Waals surface area (Å²) >= 11 is 11.5. The van der Waals surface area contributed by atoms with Gasteiger partial charge in [0.05, 0.1) is 21.7 Å². The molecule has 0 unspecified atom stereocenters. The molecule has 0 spiro atoms. The topological polar surface area (TPSA) is 141 Å². The molecule has 4 rings (SSSR count). The number of hydrazone groups is 1. The van der Waals surface area contributed by atoms with Gasteiger partial charge < -0.3 is 0 Å². The third kappa shape index (κ3) is 5.51. The van der Waals surface area contributed by atoms with Crippen LogP contribution in [-0.2, 0) is 0 Å². The number of hydrogen-bond acceptors (Lipinski definition) is 9. The highest BCUT2D eigenvalue weighted by molar-refractivity contribution is 7.71. The van der Waals surface area contributed by atoms with E-state index in [1.807, 2.05) is 0 Å². The van der Waals surface area contributed by atoms with E-state index in [9.17, 15) is 20.2 Å². The average molecular weight is 508 g/mol. The van der Waals surface area contributed by atoms with Crippen LogP contribution in [0, 0.1) is 25.0 Å². The van der Waals surface area contributed by atoms with Gasteiger partial charge in [0.1, 0.15) is 0 Å². The fraction of sp³-hybridized carbons (Fsp3) is 0. The van der Waals surface area contributed by atoms with Gasteiger partial charge in [-0.25, -0.2) is 5.43 Å². The molecule has 13 heteroatoms. The zero-order valence-corrected chi connectivity index (χ0v) is 19.2. The van der Waals surface area contributed by atoms with Crippen molar-refractivity contribution in [3.05, 3.63) is 108 Å². The molecule has 0 amide bonds. The van der Waals surface area contributed by atoms with Crippen molar-refractivity contribution >= 4 is 47.4 Å². The number of nitrogens with zero attached hydrogens (tertiary/aromatic N) is 6. The second-order valence-corrected chi connectivity index (χ2v) is 7.79. The molecule has 4 aromatic rings. The lowest BCUT2D eigenvalue weighted by Gasteiger charge is -2.13. The number of aromatic nitrogens is 3. The summed E-state index contributed by atoms with van der Waals surface area (Å²) < 4.78 is 1.68. The van der Waals surface area contributed by atoms with Gasteiger partial charge in [0.15, 0.2) is 5.82 Å². The van der Waals surface area contributed by atoms with Crippen molar-refractivity contribution < 1.29 is 9.85 Å². The van der Waals surface area contributed by atoms with Crippen molar-refractivity contribution in [2.45, 2.75) is 0 Å². The number of benzene rings is 3. The van der Waals surface area contributed by atoms with Crippen molar-refractivity contribution in [1.82, 2.24) is 14.5 Å². The van der Waals surface area contributed by atoms with Crippen molar-refractivity contribution in [2.75, 3.05) is 5.43 Å². The van der Waals surface area contributed by atoms with E-state index in [1.165, 1.54) is 47.2 Å². The fourth-order valence-corrected chi connectivity index (χ4v) is 3.45. The van der Waals surface area contributed by atoms with E-state index in [1.54, 1.807) is 36.4 Å². The third-order valence-electron chi connectivity index (χ3n) is 4.70. The van der Waals surface area contributed by atoms with E-state index < -0.39 is 9.85 Å². The van der Waals surface area contributed by atoms with Gasteiger partial charge >= 0.3 is 0 Å². The summed E-state index contributed by atoms with van der Waals surface area (Å²) in [6, 6.07) is 18.5. The van der Waals surface area contributed by atoms with Crippen LogP contribution in [0.5, 0.6) is 0 Å². The molecule has 0 radical (unpaired) electrons. The normalized spacial score (nSPS) is 10.9. The Morgan fingerprint density at radius 2 is 1.63 bits per heavy atom. The van der Waals surface area contributed by atoms with E-state index in [2.05, 4.69) is 20.5 Å². The van der Waals surface area contributed by atoms with E-state index in [0.29, 0.717) is 21.8 Å². The van der Waals surface area contributed by atoms with Crippen LogP contribution in [0.15, 0.2) is 77.9 Å². The summed E-state index contributed by atoms with van der Waals surface area (Å²) in [6.45, 7) is 0. The molecule has 0 aliphatic rings. The van der Waals surface area contributed by atoms with Crippen LogP contribution in [0.4, 0.5) is 17.3 Å². The van der Waals surface area contributed by atoms with E-state index in [0.717, 1.165) is 0 Å². The smallest absolute Gasteiger partial charge is 0.258 e.